The molecule has 0 radical (unpaired) electrons. The summed E-state index contributed by atoms with van der Waals surface area (Å²) >= 11 is 0. The van der Waals surface area contributed by atoms with Crippen LogP contribution in [0.1, 0.15) is 42.1 Å². The number of rotatable bonds is 6. The third kappa shape index (κ3) is 6.35. The number of aromatic nitrogens is 2. The van der Waals surface area contributed by atoms with Gasteiger partial charge in [-0.2, -0.15) is 13.2 Å². The first-order chi connectivity index (χ1) is 18.8. The van der Waals surface area contributed by atoms with Gasteiger partial charge in [0, 0.05) is 49.1 Å². The van der Waals surface area contributed by atoms with Crippen molar-refractivity contribution in [2.75, 3.05) is 13.1 Å². The monoisotopic (exact) mass is 563 g/mol. The van der Waals surface area contributed by atoms with Crippen molar-refractivity contribution in [3.05, 3.63) is 71.7 Å². The fourth-order valence-corrected chi connectivity index (χ4v) is 4.83. The molecule has 1 fully saturated rings. The van der Waals surface area contributed by atoms with E-state index in [0.717, 1.165) is 12.1 Å². The van der Waals surface area contributed by atoms with E-state index in [1.54, 1.807) is 23.6 Å². The van der Waals surface area contributed by atoms with Gasteiger partial charge in [0.1, 0.15) is 17.7 Å². The quantitative estimate of drug-likeness (QED) is 0.445. The second-order valence-corrected chi connectivity index (χ2v) is 9.92. The number of benzene rings is 1. The molecule has 0 saturated carbocycles. The van der Waals surface area contributed by atoms with Crippen LogP contribution in [0.2, 0.25) is 0 Å². The van der Waals surface area contributed by atoms with Gasteiger partial charge in [0.15, 0.2) is 0 Å². The molecule has 3 aromatic rings. The topological polar surface area (TPSA) is 104 Å². The van der Waals surface area contributed by atoms with Crippen molar-refractivity contribution in [1.82, 2.24) is 25.5 Å². The lowest BCUT2D eigenvalue weighted by Gasteiger charge is -2.40. The second kappa shape index (κ2) is 11.5. The molecule has 0 bridgehead atoms. The Kier molecular flexibility index (Phi) is 8.31. The molecule has 1 saturated heterocycles. The number of halogens is 5. The van der Waals surface area contributed by atoms with E-state index >= 15 is 0 Å². The summed E-state index contributed by atoms with van der Waals surface area (Å²) in [7, 11) is 0. The van der Waals surface area contributed by atoms with E-state index < -0.39 is 59.5 Å². The maximum absolute atomic E-state index is 14.1. The predicted octanol–water partition coefficient (Wildman–Crippen LogP) is 3.73. The number of piperidine rings is 1. The summed E-state index contributed by atoms with van der Waals surface area (Å²) in [5, 5.41) is 4.96. The Hall–Kier alpha value is -4.16. The number of fused-ring (bicyclic) bond motifs is 1. The summed E-state index contributed by atoms with van der Waals surface area (Å²) in [6.07, 6.45) is -0.598. The van der Waals surface area contributed by atoms with Gasteiger partial charge in [-0.1, -0.05) is 13.8 Å². The van der Waals surface area contributed by atoms with Gasteiger partial charge in [-0.3, -0.25) is 24.4 Å². The zero-order valence-electron chi connectivity index (χ0n) is 21.5. The molecule has 40 heavy (non-hydrogen) atoms. The zero-order chi connectivity index (χ0) is 29.2. The molecule has 0 spiro atoms. The van der Waals surface area contributed by atoms with Gasteiger partial charge in [-0.15, -0.1) is 0 Å². The molecule has 212 valence electrons. The lowest BCUT2D eigenvalue weighted by Crippen LogP contribution is -2.59. The van der Waals surface area contributed by atoms with E-state index in [-0.39, 0.29) is 30.6 Å². The first-order valence-corrected chi connectivity index (χ1v) is 12.5. The maximum Gasteiger partial charge on any atom is 0.471 e. The number of hydrogen-bond donors (Lipinski definition) is 2. The SMILES string of the molecule is CC(C)[C@@H](NC(=O)C(F)(F)F)C(=O)N[C@@H]1CN(C(=O)c2cncc3cccnc23)CC[C@H]1c1cc(F)cc(F)c1. The fourth-order valence-electron chi connectivity index (χ4n) is 4.83. The van der Waals surface area contributed by atoms with Crippen molar-refractivity contribution >= 4 is 28.6 Å². The highest BCUT2D eigenvalue weighted by molar-refractivity contribution is 6.05. The van der Waals surface area contributed by atoms with Crippen LogP contribution in [0.5, 0.6) is 0 Å². The number of nitrogens with zero attached hydrogens (tertiary/aromatic N) is 3. The van der Waals surface area contributed by atoms with Crippen molar-refractivity contribution in [2.24, 2.45) is 5.92 Å². The summed E-state index contributed by atoms with van der Waals surface area (Å²) in [4.78, 5) is 48.1. The number of nitrogens with one attached hydrogen (secondary N) is 2. The Balaban J connectivity index is 1.64. The Labute approximate surface area is 226 Å². The van der Waals surface area contributed by atoms with Crippen molar-refractivity contribution in [1.29, 1.82) is 0 Å². The molecule has 1 aliphatic rings. The predicted molar refractivity (Wildman–Crippen MR) is 134 cm³/mol. The van der Waals surface area contributed by atoms with E-state index in [1.807, 2.05) is 0 Å². The standard InChI is InChI=1S/C27H26F5N5O3/c1-14(2)22(36-26(40)27(30,31)32)24(38)35-21-13-37(7-5-19(21)16-8-17(28)10-18(29)9-16)25(39)20-12-33-11-15-4-3-6-34-23(15)20/h3-4,6,8-12,14,19,21-22H,5,7,13H2,1-2H3,(H,35,38)(H,36,40)/t19-,21+,22+/m0/s1. The first-order valence-electron chi connectivity index (χ1n) is 12.5. The lowest BCUT2D eigenvalue weighted by atomic mass is 9.84. The number of carbonyl (C=O) groups excluding carboxylic acids is 3. The van der Waals surface area contributed by atoms with Crippen LogP contribution in [-0.2, 0) is 9.59 Å². The molecule has 4 rings (SSSR count). The molecule has 8 nitrogen and oxygen atoms in total. The van der Waals surface area contributed by atoms with Crippen molar-refractivity contribution in [2.45, 2.75) is 44.4 Å². The number of carbonyl (C=O) groups is 3. The van der Waals surface area contributed by atoms with Crippen LogP contribution in [0.3, 0.4) is 0 Å². The molecule has 0 aliphatic carbocycles. The number of pyridine rings is 2. The lowest BCUT2D eigenvalue weighted by molar-refractivity contribution is -0.175. The summed E-state index contributed by atoms with van der Waals surface area (Å²) < 4.78 is 66.8. The Bertz CT molecular complexity index is 1410. The highest BCUT2D eigenvalue weighted by Gasteiger charge is 2.42. The normalized spacial score (nSPS) is 18.4. The number of likely N-dealkylation sites (tertiary alicyclic amines) is 1. The minimum Gasteiger partial charge on any atom is -0.349 e. The highest BCUT2D eigenvalue weighted by atomic mass is 19.4. The molecule has 2 aromatic heterocycles. The fraction of sp³-hybridized carbons (Fsp3) is 0.370. The molecule has 3 atom stereocenters. The average molecular weight is 564 g/mol. The minimum absolute atomic E-state index is 0.130. The summed E-state index contributed by atoms with van der Waals surface area (Å²) in [5.74, 6) is -6.76. The van der Waals surface area contributed by atoms with Gasteiger partial charge in [-0.25, -0.2) is 8.78 Å². The van der Waals surface area contributed by atoms with Crippen LogP contribution >= 0.6 is 0 Å². The van der Waals surface area contributed by atoms with Gasteiger partial charge in [0.05, 0.1) is 17.1 Å². The van der Waals surface area contributed by atoms with Crippen LogP contribution in [0.4, 0.5) is 22.0 Å². The van der Waals surface area contributed by atoms with Crippen molar-refractivity contribution < 1.29 is 36.3 Å². The Morgan fingerprint density at radius 2 is 1.77 bits per heavy atom. The van der Waals surface area contributed by atoms with Gasteiger partial charge in [0.25, 0.3) is 5.91 Å². The average Bonchev–Trinajstić information content (AvgIpc) is 2.89. The van der Waals surface area contributed by atoms with Crippen LogP contribution < -0.4 is 10.6 Å². The number of amides is 3. The van der Waals surface area contributed by atoms with E-state index in [2.05, 4.69) is 15.3 Å². The molecule has 0 unspecified atom stereocenters. The molecular weight excluding hydrogens is 537 g/mol. The third-order valence-electron chi connectivity index (χ3n) is 6.78. The number of hydrogen-bond acceptors (Lipinski definition) is 5. The Morgan fingerprint density at radius 3 is 2.42 bits per heavy atom. The van der Waals surface area contributed by atoms with E-state index in [1.165, 1.54) is 31.1 Å². The molecule has 1 aromatic carbocycles. The summed E-state index contributed by atoms with van der Waals surface area (Å²) in [6, 6.07) is 3.82. The molecular formula is C27H26F5N5O3. The smallest absolute Gasteiger partial charge is 0.349 e. The van der Waals surface area contributed by atoms with Gasteiger partial charge in [-0.05, 0) is 42.2 Å². The van der Waals surface area contributed by atoms with Crippen molar-refractivity contribution in [3.63, 3.8) is 0 Å². The molecule has 3 heterocycles. The Morgan fingerprint density at radius 1 is 1.07 bits per heavy atom. The van der Waals surface area contributed by atoms with Gasteiger partial charge < -0.3 is 15.5 Å². The molecule has 13 heteroatoms. The maximum atomic E-state index is 14.1. The second-order valence-electron chi connectivity index (χ2n) is 9.92. The van der Waals surface area contributed by atoms with Crippen molar-refractivity contribution in [3.8, 4) is 0 Å². The highest BCUT2D eigenvalue weighted by Crippen LogP contribution is 2.31. The van der Waals surface area contributed by atoms with Crippen LogP contribution in [0.25, 0.3) is 10.9 Å². The number of alkyl halides is 3. The summed E-state index contributed by atoms with van der Waals surface area (Å²) in [5.41, 5.74) is 0.826. The first kappa shape index (κ1) is 28.8. The van der Waals surface area contributed by atoms with Crippen LogP contribution in [0.15, 0.2) is 48.9 Å². The molecule has 1 aliphatic heterocycles. The molecule has 2 N–H and O–H groups in total. The van der Waals surface area contributed by atoms with E-state index in [9.17, 15) is 36.3 Å². The summed E-state index contributed by atoms with van der Waals surface area (Å²) in [6.45, 7) is 2.93. The van der Waals surface area contributed by atoms with Crippen LogP contribution in [0, 0.1) is 17.6 Å². The van der Waals surface area contributed by atoms with Gasteiger partial charge >= 0.3 is 12.1 Å². The minimum atomic E-state index is -5.20. The third-order valence-corrected chi connectivity index (χ3v) is 6.78. The van der Waals surface area contributed by atoms with Gasteiger partial charge in [0.2, 0.25) is 5.91 Å². The zero-order valence-corrected chi connectivity index (χ0v) is 21.5. The van der Waals surface area contributed by atoms with Crippen LogP contribution in [-0.4, -0.2) is 63.9 Å². The largest absolute Gasteiger partial charge is 0.471 e. The molecule has 3 amide bonds. The van der Waals surface area contributed by atoms with E-state index in [4.69, 9.17) is 0 Å². The van der Waals surface area contributed by atoms with E-state index in [0.29, 0.717) is 17.0 Å².